The fraction of sp³-hybridized carbons (Fsp3) is 0.480. The molecule has 0 bridgehead atoms. The Labute approximate surface area is 221 Å². The fourth-order valence-electron chi connectivity index (χ4n) is 5.03. The summed E-state index contributed by atoms with van der Waals surface area (Å²) in [6, 6.07) is 7.92. The molecule has 2 aromatic heterocycles. The van der Waals surface area contributed by atoms with Gasteiger partial charge in [-0.1, -0.05) is 37.5 Å². The summed E-state index contributed by atoms with van der Waals surface area (Å²) in [5, 5.41) is 13.7. The second-order valence-corrected chi connectivity index (χ2v) is 11.7. The monoisotopic (exact) mass is 549 g/mol. The number of carboxylic acid groups (broad SMARTS) is 1. The number of aryl methyl sites for hydroxylation is 1. The van der Waals surface area contributed by atoms with E-state index in [2.05, 4.69) is 22.2 Å². The Balaban J connectivity index is 1.65. The van der Waals surface area contributed by atoms with Crippen molar-refractivity contribution in [3.8, 4) is 0 Å². The molecule has 1 aliphatic rings. The first-order valence-corrected chi connectivity index (χ1v) is 14.1. The number of nitrogens with zero attached hydrogens (tertiary/aromatic N) is 4. The lowest BCUT2D eigenvalue weighted by molar-refractivity contribution is -0.0161. The first kappa shape index (κ1) is 27.2. The maximum Gasteiger partial charge on any atom is 0.407 e. The van der Waals surface area contributed by atoms with E-state index in [0.717, 1.165) is 28.8 Å². The third-order valence-corrected chi connectivity index (χ3v) is 8.82. The minimum absolute atomic E-state index is 0.114. The molecule has 10 nitrogen and oxygen atoms in total. The van der Waals surface area contributed by atoms with Gasteiger partial charge in [-0.15, -0.1) is 0 Å². The van der Waals surface area contributed by atoms with E-state index in [1.807, 2.05) is 6.92 Å². The van der Waals surface area contributed by atoms with Crippen molar-refractivity contribution in [2.24, 2.45) is 0 Å². The summed E-state index contributed by atoms with van der Waals surface area (Å²) in [5.74, 6) is 0.357. The minimum Gasteiger partial charge on any atom is -0.465 e. The molecule has 1 amide bonds. The predicted octanol–water partition coefficient (Wildman–Crippen LogP) is 4.76. The van der Waals surface area contributed by atoms with E-state index in [9.17, 15) is 18.3 Å². The molecule has 37 heavy (non-hydrogen) atoms. The first-order valence-electron chi connectivity index (χ1n) is 12.2. The molecule has 0 saturated carbocycles. The molecule has 0 spiro atoms. The van der Waals surface area contributed by atoms with Gasteiger partial charge in [0, 0.05) is 25.9 Å². The number of benzene rings is 1. The summed E-state index contributed by atoms with van der Waals surface area (Å²) in [5.41, 5.74) is 0.504. The van der Waals surface area contributed by atoms with Gasteiger partial charge in [-0.2, -0.15) is 4.98 Å². The van der Waals surface area contributed by atoms with Crippen LogP contribution in [0.1, 0.15) is 44.6 Å². The van der Waals surface area contributed by atoms with Crippen molar-refractivity contribution >= 4 is 44.6 Å². The number of hydrogen-bond acceptors (Lipinski definition) is 7. The number of piperidine rings is 1. The quantitative estimate of drug-likeness (QED) is 0.366. The number of ether oxygens (including phenoxy) is 1. The topological polar surface area (TPSA) is 127 Å². The van der Waals surface area contributed by atoms with Crippen molar-refractivity contribution in [2.45, 2.75) is 62.4 Å². The Morgan fingerprint density at radius 1 is 1.27 bits per heavy atom. The normalized spacial score (nSPS) is 20.3. The van der Waals surface area contributed by atoms with Gasteiger partial charge in [-0.3, -0.25) is 4.90 Å². The van der Waals surface area contributed by atoms with E-state index < -0.39 is 21.7 Å². The van der Waals surface area contributed by atoms with Crippen LogP contribution in [0.4, 0.5) is 10.6 Å². The lowest BCUT2D eigenvalue weighted by Gasteiger charge is -2.48. The minimum atomic E-state index is -3.92. The Hall–Kier alpha value is -2.89. The second-order valence-electron chi connectivity index (χ2n) is 9.54. The molecule has 2 unspecified atom stereocenters. The molecule has 1 aromatic carbocycles. The number of rotatable bonds is 9. The van der Waals surface area contributed by atoms with Crippen LogP contribution in [-0.2, 0) is 14.8 Å². The van der Waals surface area contributed by atoms with Crippen molar-refractivity contribution in [1.29, 1.82) is 0 Å². The smallest absolute Gasteiger partial charge is 0.407 e. The zero-order valence-corrected chi connectivity index (χ0v) is 22.7. The van der Waals surface area contributed by atoms with E-state index in [4.69, 9.17) is 16.3 Å². The number of fused-ring (bicyclic) bond motifs is 1. The van der Waals surface area contributed by atoms with Crippen LogP contribution in [0.2, 0.25) is 5.28 Å². The van der Waals surface area contributed by atoms with Gasteiger partial charge in [-0.05, 0) is 56.0 Å². The van der Waals surface area contributed by atoms with Crippen LogP contribution in [0.5, 0.6) is 0 Å². The summed E-state index contributed by atoms with van der Waals surface area (Å²) in [4.78, 5) is 22.4. The number of hydrogen-bond donors (Lipinski definition) is 2. The molecule has 1 aliphatic heterocycles. The van der Waals surface area contributed by atoms with Crippen molar-refractivity contribution < 1.29 is 23.1 Å². The molecule has 12 heteroatoms. The molecular weight excluding hydrogens is 518 g/mol. The van der Waals surface area contributed by atoms with Gasteiger partial charge in [0.05, 0.1) is 22.4 Å². The number of likely N-dealkylation sites (tertiary alicyclic amines) is 1. The largest absolute Gasteiger partial charge is 0.465 e. The molecule has 1 saturated heterocycles. The van der Waals surface area contributed by atoms with Crippen LogP contribution >= 0.6 is 11.6 Å². The van der Waals surface area contributed by atoms with Gasteiger partial charge < -0.3 is 15.2 Å². The van der Waals surface area contributed by atoms with Gasteiger partial charge in [-0.25, -0.2) is 22.2 Å². The van der Waals surface area contributed by atoms with Gasteiger partial charge in [0.15, 0.2) is 5.65 Å². The van der Waals surface area contributed by atoms with Crippen LogP contribution in [0, 0.1) is 6.92 Å². The second kappa shape index (κ2) is 10.8. The van der Waals surface area contributed by atoms with Gasteiger partial charge in [0.25, 0.3) is 10.0 Å². The van der Waals surface area contributed by atoms with Crippen molar-refractivity contribution in [3.05, 3.63) is 47.4 Å². The highest BCUT2D eigenvalue weighted by molar-refractivity contribution is 7.90. The molecule has 200 valence electrons. The van der Waals surface area contributed by atoms with Crippen LogP contribution < -0.4 is 5.32 Å². The highest BCUT2D eigenvalue weighted by Gasteiger charge is 2.44. The first-order chi connectivity index (χ1) is 17.6. The highest BCUT2D eigenvalue weighted by atomic mass is 35.5. The Bertz CT molecular complexity index is 1380. The van der Waals surface area contributed by atoms with E-state index in [1.165, 1.54) is 11.1 Å². The van der Waals surface area contributed by atoms with Crippen LogP contribution in [-0.4, -0.2) is 70.3 Å². The third kappa shape index (κ3) is 5.39. The van der Waals surface area contributed by atoms with Crippen LogP contribution in [0.25, 0.3) is 11.0 Å². The molecule has 2 N–H and O–H groups in total. The molecule has 0 aliphatic carbocycles. The maximum absolute atomic E-state index is 13.3. The van der Waals surface area contributed by atoms with E-state index in [-0.39, 0.29) is 28.4 Å². The predicted molar refractivity (Wildman–Crippen MR) is 142 cm³/mol. The Morgan fingerprint density at radius 2 is 2.00 bits per heavy atom. The molecule has 1 fully saturated rings. The Morgan fingerprint density at radius 3 is 2.65 bits per heavy atom. The molecule has 3 aromatic rings. The van der Waals surface area contributed by atoms with Gasteiger partial charge >= 0.3 is 6.09 Å². The van der Waals surface area contributed by atoms with Crippen molar-refractivity contribution in [1.82, 2.24) is 18.8 Å². The molecule has 4 rings (SSSR count). The summed E-state index contributed by atoms with van der Waals surface area (Å²) in [6.45, 7) is 4.52. The number of carbonyl (C=O) groups is 1. The van der Waals surface area contributed by atoms with Crippen LogP contribution in [0.15, 0.2) is 41.4 Å². The van der Waals surface area contributed by atoms with Gasteiger partial charge in [0.1, 0.15) is 5.82 Å². The number of amides is 1. The number of methoxy groups -OCH3 is 1. The van der Waals surface area contributed by atoms with Crippen molar-refractivity contribution in [3.63, 3.8) is 0 Å². The molecule has 2 atom stereocenters. The molecule has 0 radical (unpaired) electrons. The molecular formula is C25H32ClN5O5S. The summed E-state index contributed by atoms with van der Waals surface area (Å²) in [7, 11) is -2.33. The maximum atomic E-state index is 13.3. The zero-order valence-electron chi connectivity index (χ0n) is 21.1. The highest BCUT2D eigenvalue weighted by Crippen LogP contribution is 2.35. The third-order valence-electron chi connectivity index (χ3n) is 6.98. The van der Waals surface area contributed by atoms with E-state index in [0.29, 0.717) is 30.7 Å². The average Bonchev–Trinajstić information content (AvgIpc) is 3.29. The SMILES string of the molecule is CCCCC1(COC)CCC(Nc2nc(Cl)nc3c2ccn3S(=O)(=O)c2ccc(C)cc2)CN1C(=O)O. The lowest BCUT2D eigenvalue weighted by Crippen LogP contribution is -2.61. The van der Waals surface area contributed by atoms with Gasteiger partial charge in [0.2, 0.25) is 5.28 Å². The summed E-state index contributed by atoms with van der Waals surface area (Å²) < 4.78 is 33.2. The number of halogens is 1. The average molecular weight is 550 g/mol. The summed E-state index contributed by atoms with van der Waals surface area (Å²) in [6.07, 6.45) is 4.31. The Kier molecular flexibility index (Phi) is 7.96. The van der Waals surface area contributed by atoms with Crippen LogP contribution in [0.3, 0.4) is 0 Å². The number of unbranched alkanes of at least 4 members (excludes halogenated alkanes) is 1. The van der Waals surface area contributed by atoms with E-state index >= 15 is 0 Å². The number of anilines is 1. The fourth-order valence-corrected chi connectivity index (χ4v) is 6.48. The molecule has 3 heterocycles. The number of aromatic nitrogens is 3. The lowest BCUT2D eigenvalue weighted by atomic mass is 9.81. The standard InChI is InChI=1S/C25H32ClN5O5S/c1-4-5-12-25(16-36-3)13-10-18(15-30(25)24(32)33)27-21-20-11-14-31(22(20)29-23(26)28-21)37(34,35)19-8-6-17(2)7-9-19/h6-9,11,14,18H,4-5,10,12-13,15-16H2,1-3H3,(H,32,33)(H,27,28,29). The number of nitrogens with one attached hydrogen (secondary N) is 1. The summed E-state index contributed by atoms with van der Waals surface area (Å²) >= 11 is 6.22. The zero-order chi connectivity index (χ0) is 26.8. The van der Waals surface area contributed by atoms with E-state index in [1.54, 1.807) is 37.4 Å². The van der Waals surface area contributed by atoms with Crippen molar-refractivity contribution in [2.75, 3.05) is 25.6 Å².